The zero-order chi connectivity index (χ0) is 18.6. The molecule has 1 amide bonds. The van der Waals surface area contributed by atoms with Crippen molar-refractivity contribution in [3.8, 4) is 18.1 Å². The smallest absolute Gasteiger partial charge is 0.258 e. The van der Waals surface area contributed by atoms with Gasteiger partial charge >= 0.3 is 0 Å². The first-order valence-corrected chi connectivity index (χ1v) is 8.62. The predicted octanol–water partition coefficient (Wildman–Crippen LogP) is 4.06. The molecule has 134 valence electrons. The molecule has 1 aliphatic heterocycles. The van der Waals surface area contributed by atoms with Crippen LogP contribution in [0.2, 0.25) is 0 Å². The molecule has 1 aromatic heterocycles. The fourth-order valence-corrected chi connectivity index (χ4v) is 3.23. The van der Waals surface area contributed by atoms with Gasteiger partial charge in [0.2, 0.25) is 0 Å². The van der Waals surface area contributed by atoms with Crippen molar-refractivity contribution >= 4 is 11.6 Å². The van der Waals surface area contributed by atoms with Gasteiger partial charge in [-0.25, -0.2) is 0 Å². The van der Waals surface area contributed by atoms with Crippen molar-refractivity contribution in [2.75, 3.05) is 11.9 Å². The van der Waals surface area contributed by atoms with Gasteiger partial charge in [0, 0.05) is 11.3 Å². The molecule has 0 aliphatic carbocycles. The number of nitrogens with zero attached hydrogens (tertiary/aromatic N) is 1. The summed E-state index contributed by atoms with van der Waals surface area (Å²) < 4.78 is 11.2. The van der Waals surface area contributed by atoms with Crippen LogP contribution in [0.4, 0.5) is 5.69 Å². The summed E-state index contributed by atoms with van der Waals surface area (Å²) in [6.45, 7) is 0.494. The van der Waals surface area contributed by atoms with Crippen molar-refractivity contribution in [1.29, 1.82) is 0 Å². The molecule has 0 spiro atoms. The lowest BCUT2D eigenvalue weighted by Crippen LogP contribution is -2.42. The minimum absolute atomic E-state index is 0.0718. The third-order valence-corrected chi connectivity index (χ3v) is 4.45. The molecule has 0 saturated carbocycles. The summed E-state index contributed by atoms with van der Waals surface area (Å²) in [5.41, 5.74) is 2.25. The van der Waals surface area contributed by atoms with Gasteiger partial charge in [-0.2, -0.15) is 0 Å². The van der Waals surface area contributed by atoms with Gasteiger partial charge in [-0.05, 0) is 30.3 Å². The number of hydrogen-bond acceptors (Lipinski definition) is 4. The number of carbonyl (C=O) groups is 1. The van der Waals surface area contributed by atoms with Crippen molar-refractivity contribution in [3.63, 3.8) is 0 Å². The number of para-hydroxylation sites is 2. The largest absolute Gasteiger partial charge is 0.481 e. The van der Waals surface area contributed by atoms with Gasteiger partial charge < -0.3 is 19.4 Å². The van der Waals surface area contributed by atoms with Crippen LogP contribution in [0.5, 0.6) is 5.75 Å². The molecule has 3 aromatic rings. The third kappa shape index (κ3) is 3.25. The van der Waals surface area contributed by atoms with E-state index in [0.29, 0.717) is 23.6 Å². The summed E-state index contributed by atoms with van der Waals surface area (Å²) in [5, 5.41) is 3.45. The van der Waals surface area contributed by atoms with Crippen LogP contribution in [0.25, 0.3) is 0 Å². The van der Waals surface area contributed by atoms with Crippen molar-refractivity contribution in [2.24, 2.45) is 0 Å². The maximum atomic E-state index is 13.2. The highest BCUT2D eigenvalue weighted by Crippen LogP contribution is 2.37. The Labute approximate surface area is 157 Å². The molecule has 0 bridgehead atoms. The molecule has 0 fully saturated rings. The molecular weight excluding hydrogens is 340 g/mol. The van der Waals surface area contributed by atoms with E-state index >= 15 is 0 Å². The topological polar surface area (TPSA) is 54.7 Å². The van der Waals surface area contributed by atoms with Crippen LogP contribution < -0.4 is 10.1 Å². The van der Waals surface area contributed by atoms with Crippen LogP contribution in [-0.4, -0.2) is 17.4 Å². The summed E-state index contributed by atoms with van der Waals surface area (Å²) in [6, 6.07) is 18.7. The Balaban J connectivity index is 1.77. The molecule has 0 radical (unpaired) electrons. The van der Waals surface area contributed by atoms with Gasteiger partial charge in [0.05, 0.1) is 18.4 Å². The third-order valence-electron chi connectivity index (χ3n) is 4.45. The Morgan fingerprint density at radius 2 is 1.93 bits per heavy atom. The lowest BCUT2D eigenvalue weighted by Gasteiger charge is -2.38. The number of rotatable bonds is 5. The number of furan rings is 1. The normalized spacial score (nSPS) is 15.6. The number of carbonyl (C=O) groups excluding carboxylic acids is 1. The fourth-order valence-electron chi connectivity index (χ4n) is 3.23. The fraction of sp³-hybridized carbons (Fsp3) is 0.136. The quantitative estimate of drug-likeness (QED) is 0.699. The van der Waals surface area contributed by atoms with E-state index in [2.05, 4.69) is 11.2 Å². The number of hydrogen-bond donors (Lipinski definition) is 1. The number of anilines is 1. The Hall–Kier alpha value is -3.65. The number of fused-ring (bicyclic) bond motifs is 1. The van der Waals surface area contributed by atoms with E-state index in [1.54, 1.807) is 11.2 Å². The molecule has 2 heterocycles. The van der Waals surface area contributed by atoms with Crippen LogP contribution in [0.15, 0.2) is 71.3 Å². The molecule has 0 saturated heterocycles. The van der Waals surface area contributed by atoms with E-state index in [0.717, 1.165) is 11.3 Å². The highest BCUT2D eigenvalue weighted by Gasteiger charge is 2.34. The van der Waals surface area contributed by atoms with Crippen LogP contribution in [0.3, 0.4) is 0 Å². The van der Waals surface area contributed by atoms with E-state index in [9.17, 15) is 4.79 Å². The standard InChI is InChI=1S/C22H18N2O3/c1-2-13-27-20-12-6-4-10-18(20)21-23-19-11-5-3-9-17(19)22(25)24(21)15-16-8-7-14-26-16/h1,3-12,14,21,23H,13,15H2. The molecule has 1 atom stereocenters. The van der Waals surface area contributed by atoms with Crippen molar-refractivity contribution < 1.29 is 13.9 Å². The van der Waals surface area contributed by atoms with Crippen molar-refractivity contribution in [3.05, 3.63) is 83.8 Å². The molecule has 1 aliphatic rings. The summed E-state index contributed by atoms with van der Waals surface area (Å²) in [5.74, 6) is 3.76. The molecule has 1 unspecified atom stereocenters. The Kier molecular flexibility index (Phi) is 4.54. The summed E-state index contributed by atoms with van der Waals surface area (Å²) in [4.78, 5) is 15.0. The SMILES string of the molecule is C#CCOc1ccccc1C1Nc2ccccc2C(=O)N1Cc1ccco1. The second kappa shape index (κ2) is 7.30. The van der Waals surface area contributed by atoms with E-state index in [1.165, 1.54) is 0 Å². The van der Waals surface area contributed by atoms with Crippen LogP contribution in [0.1, 0.15) is 27.8 Å². The lowest BCUT2D eigenvalue weighted by atomic mass is 10.0. The number of nitrogens with one attached hydrogen (secondary N) is 1. The van der Waals surface area contributed by atoms with E-state index in [-0.39, 0.29) is 12.5 Å². The van der Waals surface area contributed by atoms with Crippen molar-refractivity contribution in [1.82, 2.24) is 4.90 Å². The summed E-state index contributed by atoms with van der Waals surface area (Å²) in [6.07, 6.45) is 6.53. The van der Waals surface area contributed by atoms with Crippen molar-refractivity contribution in [2.45, 2.75) is 12.7 Å². The first-order chi connectivity index (χ1) is 13.3. The minimum atomic E-state index is -0.411. The minimum Gasteiger partial charge on any atom is -0.481 e. The highest BCUT2D eigenvalue weighted by atomic mass is 16.5. The second-order valence-corrected chi connectivity index (χ2v) is 6.14. The van der Waals surface area contributed by atoms with E-state index < -0.39 is 6.17 Å². The molecule has 5 nitrogen and oxygen atoms in total. The maximum Gasteiger partial charge on any atom is 0.258 e. The highest BCUT2D eigenvalue weighted by molar-refractivity contribution is 6.01. The number of benzene rings is 2. The molecule has 27 heavy (non-hydrogen) atoms. The molecule has 4 rings (SSSR count). The molecule has 5 heteroatoms. The predicted molar refractivity (Wildman–Crippen MR) is 102 cm³/mol. The average molecular weight is 358 g/mol. The number of ether oxygens (including phenoxy) is 1. The summed E-state index contributed by atoms with van der Waals surface area (Å²) >= 11 is 0. The Morgan fingerprint density at radius 3 is 2.74 bits per heavy atom. The van der Waals surface area contributed by atoms with Crippen LogP contribution >= 0.6 is 0 Å². The molecular formula is C22H18N2O3. The van der Waals surface area contributed by atoms with E-state index in [1.807, 2.05) is 60.7 Å². The van der Waals surface area contributed by atoms with Crippen LogP contribution in [0, 0.1) is 12.3 Å². The van der Waals surface area contributed by atoms with Gasteiger partial charge in [-0.15, -0.1) is 6.42 Å². The number of amides is 1. The molecule has 2 aromatic carbocycles. The first kappa shape index (κ1) is 16.8. The zero-order valence-corrected chi connectivity index (χ0v) is 14.6. The Morgan fingerprint density at radius 1 is 1.11 bits per heavy atom. The van der Waals surface area contributed by atoms with Gasteiger partial charge in [-0.1, -0.05) is 36.3 Å². The van der Waals surface area contributed by atoms with Gasteiger partial charge in [0.15, 0.2) is 0 Å². The van der Waals surface area contributed by atoms with Crippen LogP contribution in [-0.2, 0) is 6.54 Å². The van der Waals surface area contributed by atoms with Gasteiger partial charge in [0.1, 0.15) is 24.3 Å². The average Bonchev–Trinajstić information content (AvgIpc) is 3.22. The van der Waals surface area contributed by atoms with Gasteiger partial charge in [0.25, 0.3) is 5.91 Å². The second-order valence-electron chi connectivity index (χ2n) is 6.14. The van der Waals surface area contributed by atoms with Gasteiger partial charge in [-0.3, -0.25) is 4.79 Å². The number of terminal acetylenes is 1. The summed E-state index contributed by atoms with van der Waals surface area (Å²) in [7, 11) is 0. The zero-order valence-electron chi connectivity index (χ0n) is 14.6. The first-order valence-electron chi connectivity index (χ1n) is 8.62. The molecule has 1 N–H and O–H groups in total. The Bertz CT molecular complexity index is 989. The van der Waals surface area contributed by atoms with E-state index in [4.69, 9.17) is 15.6 Å². The monoisotopic (exact) mass is 358 g/mol. The lowest BCUT2D eigenvalue weighted by molar-refractivity contribution is 0.0649. The maximum absolute atomic E-state index is 13.2.